The van der Waals surface area contributed by atoms with Gasteiger partial charge in [0, 0.05) is 18.7 Å². The minimum absolute atomic E-state index is 0.122. The van der Waals surface area contributed by atoms with Crippen LogP contribution in [0.4, 0.5) is 5.69 Å². The van der Waals surface area contributed by atoms with Crippen LogP contribution in [0.25, 0.3) is 0 Å². The molecule has 0 saturated heterocycles. The maximum Gasteiger partial charge on any atom is 0.269 e. The van der Waals surface area contributed by atoms with Crippen molar-refractivity contribution < 1.29 is 10.0 Å². The van der Waals surface area contributed by atoms with Crippen LogP contribution in [0.3, 0.4) is 0 Å². The molecule has 0 aliphatic heterocycles. The predicted octanol–water partition coefficient (Wildman–Crippen LogP) is 2.67. The highest BCUT2D eigenvalue weighted by atomic mass is 16.6. The second-order valence-electron chi connectivity index (χ2n) is 6.28. The van der Waals surface area contributed by atoms with Crippen LogP contribution in [0.15, 0.2) is 24.3 Å². The number of benzene rings is 1. The third-order valence-corrected chi connectivity index (χ3v) is 4.26. The number of nitrogens with one attached hydrogen (secondary N) is 1. The van der Waals surface area contributed by atoms with E-state index in [4.69, 9.17) is 0 Å². The number of hydrogen-bond donors (Lipinski definition) is 2. The van der Waals surface area contributed by atoms with Crippen molar-refractivity contribution in [2.45, 2.75) is 44.6 Å². The van der Waals surface area contributed by atoms with E-state index in [9.17, 15) is 15.2 Å². The summed E-state index contributed by atoms with van der Waals surface area (Å²) in [4.78, 5) is 10.2. The molecule has 0 heterocycles. The van der Waals surface area contributed by atoms with Crippen molar-refractivity contribution in [1.82, 2.24) is 5.32 Å². The monoisotopic (exact) mass is 292 g/mol. The van der Waals surface area contributed by atoms with Crippen molar-refractivity contribution in [2.24, 2.45) is 5.92 Å². The largest absolute Gasteiger partial charge is 0.389 e. The Morgan fingerprint density at radius 1 is 1.43 bits per heavy atom. The molecule has 0 bridgehead atoms. The zero-order chi connectivity index (χ0) is 15.3. The van der Waals surface area contributed by atoms with E-state index in [1.165, 1.54) is 18.6 Å². The summed E-state index contributed by atoms with van der Waals surface area (Å²) in [7, 11) is 0. The molecule has 5 heteroatoms. The topological polar surface area (TPSA) is 75.4 Å². The summed E-state index contributed by atoms with van der Waals surface area (Å²) in [5.41, 5.74) is 0.627. The van der Waals surface area contributed by atoms with Gasteiger partial charge in [-0.2, -0.15) is 0 Å². The highest BCUT2D eigenvalue weighted by Crippen LogP contribution is 2.31. The van der Waals surface area contributed by atoms with Gasteiger partial charge in [0.05, 0.1) is 10.5 Å². The maximum atomic E-state index is 10.6. The van der Waals surface area contributed by atoms with Crippen molar-refractivity contribution >= 4 is 5.69 Å². The van der Waals surface area contributed by atoms with Gasteiger partial charge in [0.1, 0.15) is 0 Å². The van der Waals surface area contributed by atoms with E-state index in [2.05, 4.69) is 12.2 Å². The van der Waals surface area contributed by atoms with Gasteiger partial charge in [-0.3, -0.25) is 10.1 Å². The van der Waals surface area contributed by atoms with Gasteiger partial charge in [0.25, 0.3) is 5.69 Å². The normalized spacial score (nSPS) is 25.7. The average molecular weight is 292 g/mol. The fourth-order valence-corrected chi connectivity index (χ4v) is 3.13. The van der Waals surface area contributed by atoms with E-state index in [1.807, 2.05) is 0 Å². The van der Waals surface area contributed by atoms with E-state index in [1.54, 1.807) is 12.1 Å². The molecule has 2 N–H and O–H groups in total. The number of nitro groups is 1. The molecule has 1 saturated carbocycles. The lowest BCUT2D eigenvalue weighted by molar-refractivity contribution is -0.384. The standard InChI is InChI=1S/C16H24N2O3/c1-13-3-2-9-16(19,11-13)12-17-10-8-14-4-6-15(7-5-14)18(20)21/h4-7,13,17,19H,2-3,8-12H2,1H3. The smallest absolute Gasteiger partial charge is 0.269 e. The van der Waals surface area contributed by atoms with Crippen LogP contribution < -0.4 is 5.32 Å². The number of hydrogen-bond acceptors (Lipinski definition) is 4. The number of non-ortho nitro benzene ring substituents is 1. The van der Waals surface area contributed by atoms with Crippen LogP contribution in [0.1, 0.15) is 38.2 Å². The molecule has 2 rings (SSSR count). The minimum Gasteiger partial charge on any atom is -0.389 e. The molecule has 0 amide bonds. The lowest BCUT2D eigenvalue weighted by atomic mass is 9.79. The molecule has 21 heavy (non-hydrogen) atoms. The molecule has 0 spiro atoms. The predicted molar refractivity (Wildman–Crippen MR) is 82.3 cm³/mol. The Kier molecular flexibility index (Phi) is 5.31. The van der Waals surface area contributed by atoms with Gasteiger partial charge in [-0.1, -0.05) is 31.9 Å². The van der Waals surface area contributed by atoms with Gasteiger partial charge in [-0.05, 0) is 37.3 Å². The van der Waals surface area contributed by atoms with Gasteiger partial charge in [0.15, 0.2) is 0 Å². The summed E-state index contributed by atoms with van der Waals surface area (Å²) in [6.07, 6.45) is 4.87. The first-order valence-electron chi connectivity index (χ1n) is 7.65. The molecule has 116 valence electrons. The van der Waals surface area contributed by atoms with E-state index in [0.717, 1.165) is 37.8 Å². The Labute approximate surface area is 125 Å². The van der Waals surface area contributed by atoms with Crippen molar-refractivity contribution in [3.63, 3.8) is 0 Å². The zero-order valence-corrected chi connectivity index (χ0v) is 12.5. The highest BCUT2D eigenvalue weighted by Gasteiger charge is 2.31. The fraction of sp³-hybridized carbons (Fsp3) is 0.625. The molecule has 2 unspecified atom stereocenters. The van der Waals surface area contributed by atoms with Crippen molar-refractivity contribution in [1.29, 1.82) is 0 Å². The van der Waals surface area contributed by atoms with E-state index in [-0.39, 0.29) is 10.6 Å². The van der Waals surface area contributed by atoms with E-state index < -0.39 is 5.60 Å². The number of nitro benzene ring substituents is 1. The molecule has 1 aliphatic rings. The third-order valence-electron chi connectivity index (χ3n) is 4.26. The molecule has 1 aromatic carbocycles. The second kappa shape index (κ2) is 7.00. The summed E-state index contributed by atoms with van der Waals surface area (Å²) in [5.74, 6) is 0.597. The summed E-state index contributed by atoms with van der Waals surface area (Å²) in [6.45, 7) is 3.60. The Morgan fingerprint density at radius 2 is 2.14 bits per heavy atom. The first-order valence-corrected chi connectivity index (χ1v) is 7.65. The minimum atomic E-state index is -0.562. The molecule has 0 radical (unpaired) electrons. The lowest BCUT2D eigenvalue weighted by Gasteiger charge is -2.35. The molecule has 1 aliphatic carbocycles. The molecule has 5 nitrogen and oxygen atoms in total. The molecule has 1 fully saturated rings. The van der Waals surface area contributed by atoms with E-state index in [0.29, 0.717) is 12.5 Å². The third kappa shape index (κ3) is 4.79. The molecule has 1 aromatic rings. The van der Waals surface area contributed by atoms with Gasteiger partial charge >= 0.3 is 0 Å². The van der Waals surface area contributed by atoms with Crippen LogP contribution in [0.2, 0.25) is 0 Å². The molecular weight excluding hydrogens is 268 g/mol. The van der Waals surface area contributed by atoms with Gasteiger partial charge in [-0.15, -0.1) is 0 Å². The van der Waals surface area contributed by atoms with Crippen molar-refractivity contribution in [3.8, 4) is 0 Å². The average Bonchev–Trinajstić information content (AvgIpc) is 2.44. The van der Waals surface area contributed by atoms with Crippen LogP contribution in [0, 0.1) is 16.0 Å². The summed E-state index contributed by atoms with van der Waals surface area (Å²) < 4.78 is 0. The first-order chi connectivity index (χ1) is 9.98. The van der Waals surface area contributed by atoms with Crippen molar-refractivity contribution in [2.75, 3.05) is 13.1 Å². The first kappa shape index (κ1) is 15.9. The Balaban J connectivity index is 1.73. The Hall–Kier alpha value is -1.46. The highest BCUT2D eigenvalue weighted by molar-refractivity contribution is 5.32. The molecular formula is C16H24N2O3. The van der Waals surface area contributed by atoms with Gasteiger partial charge in [-0.25, -0.2) is 0 Å². The molecule has 2 atom stereocenters. The Bertz CT molecular complexity index is 475. The lowest BCUT2D eigenvalue weighted by Crippen LogP contribution is -2.44. The van der Waals surface area contributed by atoms with Gasteiger partial charge in [0.2, 0.25) is 0 Å². The van der Waals surface area contributed by atoms with Crippen LogP contribution in [-0.2, 0) is 6.42 Å². The number of aliphatic hydroxyl groups is 1. The van der Waals surface area contributed by atoms with E-state index >= 15 is 0 Å². The zero-order valence-electron chi connectivity index (χ0n) is 12.5. The summed E-state index contributed by atoms with van der Waals surface area (Å²) in [5, 5.41) is 24.4. The van der Waals surface area contributed by atoms with Crippen LogP contribution in [0.5, 0.6) is 0 Å². The van der Waals surface area contributed by atoms with Crippen LogP contribution >= 0.6 is 0 Å². The number of nitrogens with zero attached hydrogens (tertiary/aromatic N) is 1. The van der Waals surface area contributed by atoms with Crippen molar-refractivity contribution in [3.05, 3.63) is 39.9 Å². The maximum absolute atomic E-state index is 10.6. The summed E-state index contributed by atoms with van der Waals surface area (Å²) in [6, 6.07) is 6.64. The quantitative estimate of drug-likeness (QED) is 0.480. The summed E-state index contributed by atoms with van der Waals surface area (Å²) >= 11 is 0. The van der Waals surface area contributed by atoms with Gasteiger partial charge < -0.3 is 10.4 Å². The number of rotatable bonds is 6. The molecule has 0 aromatic heterocycles. The van der Waals surface area contributed by atoms with Crippen LogP contribution in [-0.4, -0.2) is 28.7 Å². The Morgan fingerprint density at radius 3 is 2.76 bits per heavy atom. The second-order valence-corrected chi connectivity index (χ2v) is 6.28. The SMILES string of the molecule is CC1CCCC(O)(CNCCc2ccc([N+](=O)[O-])cc2)C1. The fourth-order valence-electron chi connectivity index (χ4n) is 3.13.